The summed E-state index contributed by atoms with van der Waals surface area (Å²) in [4.78, 5) is 12.7. The van der Waals surface area contributed by atoms with Gasteiger partial charge < -0.3 is 20.5 Å². The van der Waals surface area contributed by atoms with Gasteiger partial charge in [0.05, 0.1) is 6.61 Å². The van der Waals surface area contributed by atoms with Crippen LogP contribution in [0.2, 0.25) is 0 Å². The van der Waals surface area contributed by atoms with Crippen molar-refractivity contribution in [1.29, 1.82) is 0 Å². The maximum Gasteiger partial charge on any atom is 0.323 e. The van der Waals surface area contributed by atoms with E-state index < -0.39 is 0 Å². The molecule has 0 bridgehead atoms. The fraction of sp³-hybridized carbons (Fsp3) is 0.667. The Kier molecular flexibility index (Phi) is 7.18. The van der Waals surface area contributed by atoms with Crippen molar-refractivity contribution in [1.82, 2.24) is 5.32 Å². The second-order valence-corrected chi connectivity index (χ2v) is 7.60. The van der Waals surface area contributed by atoms with Crippen molar-refractivity contribution in [3.05, 3.63) is 24.3 Å². The van der Waals surface area contributed by atoms with Gasteiger partial charge >= 0.3 is 5.97 Å². The number of carbonyl (C=O) groups excluding carboxylic acids is 1. The molecule has 2 fully saturated rings. The zero-order chi connectivity index (χ0) is 18.2. The summed E-state index contributed by atoms with van der Waals surface area (Å²) < 4.78 is 11.6. The van der Waals surface area contributed by atoms with Crippen LogP contribution in [0.4, 0.5) is 5.69 Å². The first kappa shape index (κ1) is 19.0. The molecule has 1 atom stereocenters. The normalized spacial score (nSPS) is 20.0. The molecule has 0 heterocycles. The van der Waals surface area contributed by atoms with Crippen LogP contribution in [0, 0.1) is 0 Å². The van der Waals surface area contributed by atoms with Crippen molar-refractivity contribution in [2.45, 2.75) is 82.4 Å². The number of hydrogen-bond donors (Lipinski definition) is 2. The third-order valence-electron chi connectivity index (χ3n) is 5.47. The predicted molar refractivity (Wildman–Crippen MR) is 103 cm³/mol. The zero-order valence-electron chi connectivity index (χ0n) is 15.6. The Labute approximate surface area is 156 Å². The second-order valence-electron chi connectivity index (χ2n) is 7.60. The molecule has 2 aliphatic carbocycles. The lowest BCUT2D eigenvalue weighted by atomic mass is 9.94. The molecular formula is C21H32N2O3. The molecule has 5 nitrogen and oxygen atoms in total. The van der Waals surface area contributed by atoms with Crippen LogP contribution in [0.5, 0.6) is 5.75 Å². The number of ether oxygens (including phenoxy) is 2. The maximum atomic E-state index is 12.7. The van der Waals surface area contributed by atoms with Gasteiger partial charge in [-0.15, -0.1) is 0 Å². The van der Waals surface area contributed by atoms with Gasteiger partial charge in [-0.25, -0.2) is 0 Å². The monoisotopic (exact) mass is 360 g/mol. The number of benzene rings is 1. The van der Waals surface area contributed by atoms with Gasteiger partial charge in [-0.3, -0.25) is 4.79 Å². The van der Waals surface area contributed by atoms with Gasteiger partial charge in [-0.2, -0.15) is 0 Å². The van der Waals surface area contributed by atoms with Gasteiger partial charge in [0.15, 0.2) is 0 Å². The lowest BCUT2D eigenvalue weighted by Crippen LogP contribution is -2.46. The molecule has 5 heteroatoms. The molecule has 26 heavy (non-hydrogen) atoms. The van der Waals surface area contributed by atoms with Crippen LogP contribution in [0.3, 0.4) is 0 Å². The lowest BCUT2D eigenvalue weighted by molar-refractivity contribution is -0.152. The van der Waals surface area contributed by atoms with Crippen LogP contribution >= 0.6 is 0 Å². The molecule has 0 aromatic heterocycles. The number of nitrogen functional groups attached to an aromatic ring is 1. The van der Waals surface area contributed by atoms with Gasteiger partial charge in [-0.05, 0) is 62.8 Å². The van der Waals surface area contributed by atoms with Crippen LogP contribution in [-0.4, -0.2) is 30.8 Å². The Bertz CT molecular complexity index is 549. The van der Waals surface area contributed by atoms with E-state index in [1.165, 1.54) is 32.1 Å². The zero-order valence-corrected chi connectivity index (χ0v) is 15.6. The Morgan fingerprint density at radius 2 is 1.69 bits per heavy atom. The SMILES string of the molecule is Nc1ccc(OCC[C@H](NC2CCCCC2)C(=O)OC2CCCC2)cc1. The van der Waals surface area contributed by atoms with Gasteiger partial charge in [0.2, 0.25) is 0 Å². The molecule has 0 spiro atoms. The van der Waals surface area contributed by atoms with Crippen LogP contribution in [0.15, 0.2) is 24.3 Å². The molecule has 0 radical (unpaired) electrons. The first-order chi connectivity index (χ1) is 12.7. The summed E-state index contributed by atoms with van der Waals surface area (Å²) in [5.74, 6) is 0.670. The highest BCUT2D eigenvalue weighted by atomic mass is 16.5. The summed E-state index contributed by atoms with van der Waals surface area (Å²) in [6, 6.07) is 7.49. The summed E-state index contributed by atoms with van der Waals surface area (Å²) in [6.07, 6.45) is 11.1. The Balaban J connectivity index is 1.52. The highest BCUT2D eigenvalue weighted by molar-refractivity contribution is 5.76. The molecule has 3 N–H and O–H groups in total. The van der Waals surface area contributed by atoms with E-state index >= 15 is 0 Å². The summed E-state index contributed by atoms with van der Waals surface area (Å²) in [5.41, 5.74) is 6.42. The number of nitrogens with two attached hydrogens (primary N) is 1. The van der Waals surface area contributed by atoms with E-state index in [4.69, 9.17) is 15.2 Å². The second kappa shape index (κ2) is 9.81. The molecule has 0 unspecified atom stereocenters. The number of esters is 1. The number of nitrogens with one attached hydrogen (secondary N) is 1. The Morgan fingerprint density at radius 1 is 1.04 bits per heavy atom. The molecule has 144 valence electrons. The van der Waals surface area contributed by atoms with Crippen LogP contribution < -0.4 is 15.8 Å². The number of hydrogen-bond acceptors (Lipinski definition) is 5. The van der Waals surface area contributed by atoms with Crippen LogP contribution in [0.1, 0.15) is 64.2 Å². The quantitative estimate of drug-likeness (QED) is 0.545. The summed E-state index contributed by atoms with van der Waals surface area (Å²) in [6.45, 7) is 0.480. The van der Waals surface area contributed by atoms with E-state index in [1.54, 1.807) is 0 Å². The van der Waals surface area contributed by atoms with E-state index in [2.05, 4.69) is 5.32 Å². The molecule has 1 aromatic carbocycles. The summed E-state index contributed by atoms with van der Waals surface area (Å²) >= 11 is 0. The highest BCUT2D eigenvalue weighted by Gasteiger charge is 2.28. The number of rotatable bonds is 8. The molecule has 2 aliphatic rings. The lowest BCUT2D eigenvalue weighted by Gasteiger charge is -2.28. The van der Waals surface area contributed by atoms with E-state index in [1.807, 2.05) is 24.3 Å². The highest BCUT2D eigenvalue weighted by Crippen LogP contribution is 2.23. The number of carbonyl (C=O) groups is 1. The molecule has 1 aromatic rings. The maximum absolute atomic E-state index is 12.7. The summed E-state index contributed by atoms with van der Waals surface area (Å²) in [5, 5.41) is 3.55. The van der Waals surface area contributed by atoms with Crippen molar-refractivity contribution in [2.24, 2.45) is 0 Å². The minimum atomic E-state index is -0.285. The smallest absolute Gasteiger partial charge is 0.323 e. The van der Waals surface area contributed by atoms with Crippen molar-refractivity contribution in [3.8, 4) is 5.75 Å². The van der Waals surface area contributed by atoms with E-state index in [9.17, 15) is 4.79 Å². The van der Waals surface area contributed by atoms with Gasteiger partial charge in [0.25, 0.3) is 0 Å². The van der Waals surface area contributed by atoms with E-state index in [-0.39, 0.29) is 18.1 Å². The minimum Gasteiger partial charge on any atom is -0.494 e. The average Bonchev–Trinajstić information content (AvgIpc) is 3.16. The van der Waals surface area contributed by atoms with Crippen molar-refractivity contribution in [3.63, 3.8) is 0 Å². The standard InChI is InChI=1S/C21H32N2O3/c22-16-10-12-18(13-11-16)25-15-14-20(23-17-6-2-1-3-7-17)21(24)26-19-8-4-5-9-19/h10-13,17,19-20,23H,1-9,14-15,22H2/t20-/m0/s1. The molecule has 0 amide bonds. The fourth-order valence-electron chi connectivity index (χ4n) is 3.93. The molecule has 2 saturated carbocycles. The van der Waals surface area contributed by atoms with Crippen LogP contribution in [0.25, 0.3) is 0 Å². The van der Waals surface area contributed by atoms with E-state index in [0.717, 1.165) is 31.4 Å². The first-order valence-electron chi connectivity index (χ1n) is 10.2. The summed E-state index contributed by atoms with van der Waals surface area (Å²) in [7, 11) is 0. The van der Waals surface area contributed by atoms with E-state index in [0.29, 0.717) is 24.8 Å². The van der Waals surface area contributed by atoms with Crippen molar-refractivity contribution >= 4 is 11.7 Å². The van der Waals surface area contributed by atoms with Crippen LogP contribution in [-0.2, 0) is 9.53 Å². The van der Waals surface area contributed by atoms with Gasteiger partial charge in [-0.1, -0.05) is 19.3 Å². The third-order valence-corrected chi connectivity index (χ3v) is 5.47. The number of anilines is 1. The third kappa shape index (κ3) is 5.90. The average molecular weight is 360 g/mol. The first-order valence-corrected chi connectivity index (χ1v) is 10.2. The molecule has 0 saturated heterocycles. The van der Waals surface area contributed by atoms with Crippen molar-refractivity contribution in [2.75, 3.05) is 12.3 Å². The molecule has 3 rings (SSSR count). The molecular weight excluding hydrogens is 328 g/mol. The van der Waals surface area contributed by atoms with Gasteiger partial charge in [0, 0.05) is 18.2 Å². The largest absolute Gasteiger partial charge is 0.494 e. The van der Waals surface area contributed by atoms with Crippen molar-refractivity contribution < 1.29 is 14.3 Å². The Hall–Kier alpha value is -1.75. The minimum absolute atomic E-state index is 0.108. The Morgan fingerprint density at radius 3 is 2.38 bits per heavy atom. The fourth-order valence-corrected chi connectivity index (χ4v) is 3.93. The molecule has 0 aliphatic heterocycles. The predicted octanol–water partition coefficient (Wildman–Crippen LogP) is 3.81. The topological polar surface area (TPSA) is 73.6 Å². The van der Waals surface area contributed by atoms with Gasteiger partial charge in [0.1, 0.15) is 17.9 Å².